The number of hydrogen-bond donors (Lipinski definition) is 0. The van der Waals surface area contributed by atoms with Gasteiger partial charge in [0.2, 0.25) is 9.84 Å². The summed E-state index contributed by atoms with van der Waals surface area (Å²) in [7, 11) is -3.57. The lowest BCUT2D eigenvalue weighted by Crippen LogP contribution is -2.01. The number of hydrogen-bond acceptors (Lipinski definition) is 5. The Morgan fingerprint density at radius 2 is 1.58 bits per heavy atom. The van der Waals surface area contributed by atoms with E-state index in [4.69, 9.17) is 4.74 Å². The molecule has 0 fully saturated rings. The summed E-state index contributed by atoms with van der Waals surface area (Å²) in [4.78, 5) is 4.66. The molecule has 1 heterocycles. The summed E-state index contributed by atoms with van der Waals surface area (Å²) in [5, 5.41) is 9.30. The number of nitriles is 1. The molecule has 0 bridgehead atoms. The molecule has 0 radical (unpaired) electrons. The van der Waals surface area contributed by atoms with Crippen LogP contribution >= 0.6 is 0 Å². The minimum Gasteiger partial charge on any atom is -0.456 e. The molecule has 5 nitrogen and oxygen atoms in total. The van der Waals surface area contributed by atoms with E-state index in [2.05, 4.69) is 11.1 Å². The fraction of sp³-hybridized carbons (Fsp3) is 0.100. The van der Waals surface area contributed by atoms with Gasteiger partial charge in [0.1, 0.15) is 23.1 Å². The molecular weight excluding hydrogens is 348 g/mol. The van der Waals surface area contributed by atoms with Gasteiger partial charge in [-0.1, -0.05) is 18.2 Å². The Morgan fingerprint density at radius 3 is 2.19 bits per heavy atom. The second-order valence-electron chi connectivity index (χ2n) is 5.72. The molecule has 0 aliphatic carbocycles. The third-order valence-corrected chi connectivity index (χ3v) is 5.60. The Balaban J connectivity index is 1.92. The zero-order chi connectivity index (χ0) is 18.7. The quantitative estimate of drug-likeness (QED) is 0.693. The van der Waals surface area contributed by atoms with Crippen LogP contribution in [0.15, 0.2) is 70.5 Å². The Kier molecular flexibility index (Phi) is 4.74. The molecule has 6 heteroatoms. The third kappa shape index (κ3) is 3.44. The van der Waals surface area contributed by atoms with E-state index >= 15 is 0 Å². The van der Waals surface area contributed by atoms with Crippen molar-refractivity contribution in [2.45, 2.75) is 23.6 Å². The summed E-state index contributed by atoms with van der Waals surface area (Å²) in [5.41, 5.74) is 1.68. The van der Waals surface area contributed by atoms with Crippen molar-refractivity contribution < 1.29 is 13.2 Å². The van der Waals surface area contributed by atoms with Gasteiger partial charge in [0.15, 0.2) is 0 Å². The van der Waals surface area contributed by atoms with E-state index in [0.29, 0.717) is 22.8 Å². The molecule has 0 spiro atoms. The van der Waals surface area contributed by atoms with E-state index in [0.717, 1.165) is 5.69 Å². The summed E-state index contributed by atoms with van der Waals surface area (Å²) in [5.74, 6) is 0.842. The second-order valence-corrected chi connectivity index (χ2v) is 7.67. The average Bonchev–Trinajstić information content (AvgIpc) is 2.63. The Bertz CT molecular complexity index is 1080. The highest BCUT2D eigenvalue weighted by atomic mass is 32.2. The van der Waals surface area contributed by atoms with Gasteiger partial charge >= 0.3 is 0 Å². The molecule has 2 aromatic carbocycles. The smallest absolute Gasteiger partial charge is 0.206 e. The summed E-state index contributed by atoms with van der Waals surface area (Å²) in [6, 6.07) is 18.1. The monoisotopic (exact) mass is 364 g/mol. The van der Waals surface area contributed by atoms with Gasteiger partial charge in [-0.15, -0.1) is 0 Å². The molecule has 0 aliphatic rings. The highest BCUT2D eigenvalue weighted by Crippen LogP contribution is 2.29. The van der Waals surface area contributed by atoms with Crippen molar-refractivity contribution in [3.63, 3.8) is 0 Å². The number of nitrogens with zero attached hydrogens (tertiary/aromatic N) is 2. The molecule has 0 saturated heterocycles. The van der Waals surface area contributed by atoms with Crippen molar-refractivity contribution in [1.82, 2.24) is 4.98 Å². The van der Waals surface area contributed by atoms with Crippen LogP contribution in [0.25, 0.3) is 0 Å². The van der Waals surface area contributed by atoms with Gasteiger partial charge in [0.05, 0.1) is 15.5 Å². The van der Waals surface area contributed by atoms with Crippen LogP contribution in [0.4, 0.5) is 0 Å². The van der Waals surface area contributed by atoms with Crippen LogP contribution in [-0.4, -0.2) is 13.4 Å². The van der Waals surface area contributed by atoms with Gasteiger partial charge in [0.25, 0.3) is 0 Å². The van der Waals surface area contributed by atoms with Gasteiger partial charge in [0, 0.05) is 11.8 Å². The van der Waals surface area contributed by atoms with Gasteiger partial charge in [-0.3, -0.25) is 4.98 Å². The predicted octanol–water partition coefficient (Wildman–Crippen LogP) is 4.20. The molecule has 130 valence electrons. The fourth-order valence-electron chi connectivity index (χ4n) is 2.56. The van der Waals surface area contributed by atoms with E-state index in [1.54, 1.807) is 55.5 Å². The first-order valence-corrected chi connectivity index (χ1v) is 9.36. The standard InChI is InChI=1S/C20H16N2O3S/c1-14-12-20(19(13-21)15(2)22-14)25-16-8-10-18(11-9-16)26(23,24)17-6-4-3-5-7-17/h3-12H,1-2H3. The van der Waals surface area contributed by atoms with Gasteiger partial charge < -0.3 is 4.74 Å². The molecule has 3 rings (SSSR count). The predicted molar refractivity (Wildman–Crippen MR) is 96.8 cm³/mol. The van der Waals surface area contributed by atoms with Gasteiger partial charge in [-0.2, -0.15) is 5.26 Å². The molecule has 0 unspecified atom stereocenters. The van der Waals surface area contributed by atoms with E-state index in [1.165, 1.54) is 12.1 Å². The summed E-state index contributed by atoms with van der Waals surface area (Å²) < 4.78 is 31.0. The minimum atomic E-state index is -3.57. The SMILES string of the molecule is Cc1cc(Oc2ccc(S(=O)(=O)c3ccccc3)cc2)c(C#N)c(C)n1. The van der Waals surface area contributed by atoms with Crippen LogP contribution in [0.1, 0.15) is 17.0 Å². The minimum absolute atomic E-state index is 0.179. The van der Waals surface area contributed by atoms with Crippen molar-refractivity contribution in [3.8, 4) is 17.6 Å². The van der Waals surface area contributed by atoms with Crippen molar-refractivity contribution in [2.75, 3.05) is 0 Å². The molecule has 0 saturated carbocycles. The van der Waals surface area contributed by atoms with Crippen LogP contribution in [0.2, 0.25) is 0 Å². The highest BCUT2D eigenvalue weighted by Gasteiger charge is 2.17. The van der Waals surface area contributed by atoms with Crippen LogP contribution in [0, 0.1) is 25.2 Å². The van der Waals surface area contributed by atoms with Crippen LogP contribution in [0.5, 0.6) is 11.5 Å². The number of ether oxygens (including phenoxy) is 1. The van der Waals surface area contributed by atoms with E-state index in [-0.39, 0.29) is 9.79 Å². The topological polar surface area (TPSA) is 80.0 Å². The highest BCUT2D eigenvalue weighted by molar-refractivity contribution is 7.91. The van der Waals surface area contributed by atoms with Crippen molar-refractivity contribution in [3.05, 3.63) is 77.6 Å². The molecule has 0 aliphatic heterocycles. The van der Waals surface area contributed by atoms with Gasteiger partial charge in [-0.05, 0) is 50.2 Å². The number of rotatable bonds is 4. The summed E-state index contributed by atoms with van der Waals surface area (Å²) in [6.45, 7) is 3.56. The molecular formula is C20H16N2O3S. The summed E-state index contributed by atoms with van der Waals surface area (Å²) in [6.07, 6.45) is 0. The number of aryl methyl sites for hydroxylation is 2. The maximum absolute atomic E-state index is 12.6. The van der Waals surface area contributed by atoms with Crippen molar-refractivity contribution in [1.29, 1.82) is 5.26 Å². The van der Waals surface area contributed by atoms with E-state index < -0.39 is 9.84 Å². The molecule has 0 amide bonds. The first kappa shape index (κ1) is 17.6. The Morgan fingerprint density at radius 1 is 0.962 bits per heavy atom. The van der Waals surface area contributed by atoms with Crippen LogP contribution < -0.4 is 4.74 Å². The molecule has 1 aromatic heterocycles. The first-order valence-electron chi connectivity index (χ1n) is 7.88. The fourth-order valence-corrected chi connectivity index (χ4v) is 3.84. The maximum Gasteiger partial charge on any atom is 0.206 e. The number of benzene rings is 2. The first-order chi connectivity index (χ1) is 12.4. The largest absolute Gasteiger partial charge is 0.456 e. The lowest BCUT2D eigenvalue weighted by Gasteiger charge is -2.11. The maximum atomic E-state index is 12.6. The zero-order valence-corrected chi connectivity index (χ0v) is 15.1. The lowest BCUT2D eigenvalue weighted by molar-refractivity contribution is 0.478. The number of sulfone groups is 1. The van der Waals surface area contributed by atoms with Crippen molar-refractivity contribution in [2.24, 2.45) is 0 Å². The lowest BCUT2D eigenvalue weighted by atomic mass is 10.2. The number of pyridine rings is 1. The third-order valence-electron chi connectivity index (χ3n) is 3.82. The second kappa shape index (κ2) is 6.98. The molecule has 26 heavy (non-hydrogen) atoms. The molecule has 3 aromatic rings. The van der Waals surface area contributed by atoms with Crippen LogP contribution in [-0.2, 0) is 9.84 Å². The Hall–Kier alpha value is -3.17. The zero-order valence-electron chi connectivity index (χ0n) is 14.3. The number of aromatic nitrogens is 1. The normalized spacial score (nSPS) is 11.0. The van der Waals surface area contributed by atoms with Gasteiger partial charge in [-0.25, -0.2) is 8.42 Å². The Labute approximate surface area is 152 Å². The molecule has 0 atom stereocenters. The average molecular weight is 364 g/mol. The van der Waals surface area contributed by atoms with Crippen molar-refractivity contribution >= 4 is 9.84 Å². The van der Waals surface area contributed by atoms with Crippen LogP contribution in [0.3, 0.4) is 0 Å². The summed E-state index contributed by atoms with van der Waals surface area (Å²) >= 11 is 0. The van der Waals surface area contributed by atoms with E-state index in [1.807, 2.05) is 6.92 Å². The van der Waals surface area contributed by atoms with E-state index in [9.17, 15) is 13.7 Å². The molecule has 0 N–H and O–H groups in total.